The summed E-state index contributed by atoms with van der Waals surface area (Å²) >= 11 is 0. The molecule has 0 aromatic carbocycles. The summed E-state index contributed by atoms with van der Waals surface area (Å²) in [4.78, 5) is 0. The normalized spacial score (nSPS) is 13.0. The van der Waals surface area contributed by atoms with E-state index < -0.39 is 0 Å². The second kappa shape index (κ2) is 11.9. The first-order valence-corrected chi connectivity index (χ1v) is 5.69. The molecular formula is C11H25NO3. The van der Waals surface area contributed by atoms with Crippen molar-refractivity contribution < 1.29 is 14.2 Å². The maximum atomic E-state index is 5.48. The standard InChI is InChI=1S/C11H25NO3/c1-4-12-11(2)10-15-7-5-6-14-9-8-13-3/h11-12H,4-10H2,1-3H3. The highest BCUT2D eigenvalue weighted by Crippen LogP contribution is 1.88. The summed E-state index contributed by atoms with van der Waals surface area (Å²) in [6.07, 6.45) is 0.947. The predicted molar refractivity (Wildman–Crippen MR) is 61.3 cm³/mol. The fourth-order valence-electron chi connectivity index (χ4n) is 1.17. The lowest BCUT2D eigenvalue weighted by molar-refractivity contribution is 0.0484. The van der Waals surface area contributed by atoms with E-state index in [1.165, 1.54) is 0 Å². The van der Waals surface area contributed by atoms with E-state index in [1.807, 2.05) is 0 Å². The third-order valence-electron chi connectivity index (χ3n) is 1.93. The number of ether oxygens (including phenoxy) is 3. The molecule has 0 radical (unpaired) electrons. The quantitative estimate of drug-likeness (QED) is 0.527. The number of methoxy groups -OCH3 is 1. The van der Waals surface area contributed by atoms with Crippen LogP contribution in [0, 0.1) is 0 Å². The SMILES string of the molecule is CCNC(C)COCCCOCCOC. The lowest BCUT2D eigenvalue weighted by atomic mass is 10.3. The second-order valence-corrected chi connectivity index (χ2v) is 3.49. The molecule has 0 bridgehead atoms. The van der Waals surface area contributed by atoms with E-state index in [4.69, 9.17) is 14.2 Å². The lowest BCUT2D eigenvalue weighted by Crippen LogP contribution is -2.30. The highest BCUT2D eigenvalue weighted by Gasteiger charge is 1.98. The van der Waals surface area contributed by atoms with Gasteiger partial charge < -0.3 is 19.5 Å². The summed E-state index contributed by atoms with van der Waals surface area (Å²) in [6.45, 7) is 8.83. The minimum absolute atomic E-state index is 0.435. The molecule has 1 unspecified atom stereocenters. The molecule has 0 aromatic heterocycles. The van der Waals surface area contributed by atoms with Crippen molar-refractivity contribution in [2.24, 2.45) is 0 Å². The maximum Gasteiger partial charge on any atom is 0.0700 e. The molecule has 0 amide bonds. The summed E-state index contributed by atoms with van der Waals surface area (Å²) in [7, 11) is 1.68. The van der Waals surface area contributed by atoms with Crippen LogP contribution in [0.25, 0.3) is 0 Å². The fraction of sp³-hybridized carbons (Fsp3) is 1.00. The van der Waals surface area contributed by atoms with Gasteiger partial charge in [-0.15, -0.1) is 0 Å². The minimum Gasteiger partial charge on any atom is -0.382 e. The van der Waals surface area contributed by atoms with Crippen LogP contribution in [0.1, 0.15) is 20.3 Å². The molecule has 0 aromatic rings. The van der Waals surface area contributed by atoms with Gasteiger partial charge in [0, 0.05) is 26.4 Å². The van der Waals surface area contributed by atoms with Crippen LogP contribution in [0.3, 0.4) is 0 Å². The van der Waals surface area contributed by atoms with Crippen molar-refractivity contribution in [1.82, 2.24) is 5.32 Å². The first-order chi connectivity index (χ1) is 7.31. The highest BCUT2D eigenvalue weighted by molar-refractivity contribution is 4.56. The molecule has 0 fully saturated rings. The van der Waals surface area contributed by atoms with Gasteiger partial charge >= 0.3 is 0 Å². The molecule has 0 aliphatic heterocycles. The molecule has 0 heterocycles. The lowest BCUT2D eigenvalue weighted by Gasteiger charge is -2.12. The Balaban J connectivity index is 2.98. The Morgan fingerprint density at radius 1 is 1.07 bits per heavy atom. The van der Waals surface area contributed by atoms with Crippen molar-refractivity contribution >= 4 is 0 Å². The van der Waals surface area contributed by atoms with Gasteiger partial charge in [0.15, 0.2) is 0 Å². The van der Waals surface area contributed by atoms with Gasteiger partial charge in [-0.2, -0.15) is 0 Å². The van der Waals surface area contributed by atoms with Crippen LogP contribution in [-0.2, 0) is 14.2 Å². The zero-order chi connectivity index (χ0) is 11.4. The molecular weight excluding hydrogens is 194 g/mol. The Bertz CT molecular complexity index is 122. The Morgan fingerprint density at radius 2 is 1.80 bits per heavy atom. The second-order valence-electron chi connectivity index (χ2n) is 3.49. The van der Waals surface area contributed by atoms with E-state index in [-0.39, 0.29) is 0 Å². The molecule has 0 saturated heterocycles. The predicted octanol–water partition coefficient (Wildman–Crippen LogP) is 1.05. The molecule has 0 spiro atoms. The summed E-state index contributed by atoms with van der Waals surface area (Å²) in [5.74, 6) is 0. The van der Waals surface area contributed by atoms with Crippen LogP contribution in [0.5, 0.6) is 0 Å². The van der Waals surface area contributed by atoms with Crippen LogP contribution in [0.15, 0.2) is 0 Å². The van der Waals surface area contributed by atoms with Gasteiger partial charge in [0.2, 0.25) is 0 Å². The van der Waals surface area contributed by atoms with Crippen LogP contribution in [-0.4, -0.2) is 52.7 Å². The van der Waals surface area contributed by atoms with Crippen LogP contribution >= 0.6 is 0 Å². The molecule has 92 valence electrons. The van der Waals surface area contributed by atoms with E-state index in [0.717, 1.165) is 32.8 Å². The monoisotopic (exact) mass is 219 g/mol. The Labute approximate surface area is 93.3 Å². The number of hydrogen-bond donors (Lipinski definition) is 1. The average Bonchev–Trinajstić information content (AvgIpc) is 2.22. The molecule has 0 aliphatic carbocycles. The average molecular weight is 219 g/mol. The first kappa shape index (κ1) is 14.8. The molecule has 0 rings (SSSR count). The smallest absolute Gasteiger partial charge is 0.0700 e. The fourth-order valence-corrected chi connectivity index (χ4v) is 1.17. The number of rotatable bonds is 11. The Hall–Kier alpha value is -0.160. The van der Waals surface area contributed by atoms with Gasteiger partial charge in [-0.25, -0.2) is 0 Å². The van der Waals surface area contributed by atoms with Crippen molar-refractivity contribution in [2.75, 3.05) is 46.7 Å². The summed E-state index contributed by atoms with van der Waals surface area (Å²) in [5, 5.41) is 3.29. The summed E-state index contributed by atoms with van der Waals surface area (Å²) < 4.78 is 15.7. The van der Waals surface area contributed by atoms with E-state index >= 15 is 0 Å². The van der Waals surface area contributed by atoms with Gasteiger partial charge in [0.05, 0.1) is 19.8 Å². The van der Waals surface area contributed by atoms with Gasteiger partial charge in [-0.3, -0.25) is 0 Å². The van der Waals surface area contributed by atoms with Crippen molar-refractivity contribution in [3.05, 3.63) is 0 Å². The third kappa shape index (κ3) is 11.8. The number of likely N-dealkylation sites (N-methyl/N-ethyl adjacent to an activating group) is 1. The third-order valence-corrected chi connectivity index (χ3v) is 1.93. The number of hydrogen-bond acceptors (Lipinski definition) is 4. The molecule has 1 atom stereocenters. The zero-order valence-corrected chi connectivity index (χ0v) is 10.3. The summed E-state index contributed by atoms with van der Waals surface area (Å²) in [6, 6.07) is 0.435. The van der Waals surface area contributed by atoms with Crippen LogP contribution in [0.4, 0.5) is 0 Å². The van der Waals surface area contributed by atoms with E-state index in [0.29, 0.717) is 19.3 Å². The first-order valence-electron chi connectivity index (χ1n) is 5.69. The van der Waals surface area contributed by atoms with Crippen molar-refractivity contribution in [2.45, 2.75) is 26.3 Å². The molecule has 4 heteroatoms. The van der Waals surface area contributed by atoms with Crippen LogP contribution < -0.4 is 5.32 Å². The van der Waals surface area contributed by atoms with Gasteiger partial charge in [0.25, 0.3) is 0 Å². The Kier molecular flexibility index (Phi) is 11.8. The van der Waals surface area contributed by atoms with Gasteiger partial charge in [0.1, 0.15) is 0 Å². The van der Waals surface area contributed by atoms with E-state index in [2.05, 4.69) is 19.2 Å². The highest BCUT2D eigenvalue weighted by atomic mass is 16.5. The van der Waals surface area contributed by atoms with Crippen LogP contribution in [0.2, 0.25) is 0 Å². The number of nitrogens with one attached hydrogen (secondary N) is 1. The van der Waals surface area contributed by atoms with Gasteiger partial charge in [-0.05, 0) is 19.9 Å². The van der Waals surface area contributed by atoms with Crippen molar-refractivity contribution in [3.8, 4) is 0 Å². The van der Waals surface area contributed by atoms with Crippen molar-refractivity contribution in [1.29, 1.82) is 0 Å². The van der Waals surface area contributed by atoms with Crippen molar-refractivity contribution in [3.63, 3.8) is 0 Å². The molecule has 15 heavy (non-hydrogen) atoms. The summed E-state index contributed by atoms with van der Waals surface area (Å²) in [5.41, 5.74) is 0. The molecule has 0 saturated carbocycles. The minimum atomic E-state index is 0.435. The molecule has 0 aliphatic rings. The Morgan fingerprint density at radius 3 is 2.47 bits per heavy atom. The van der Waals surface area contributed by atoms with E-state index in [9.17, 15) is 0 Å². The maximum absolute atomic E-state index is 5.48. The van der Waals surface area contributed by atoms with Gasteiger partial charge in [-0.1, -0.05) is 6.92 Å². The molecule has 1 N–H and O–H groups in total. The van der Waals surface area contributed by atoms with E-state index in [1.54, 1.807) is 7.11 Å². The topological polar surface area (TPSA) is 39.7 Å². The molecule has 4 nitrogen and oxygen atoms in total. The largest absolute Gasteiger partial charge is 0.382 e. The zero-order valence-electron chi connectivity index (χ0n) is 10.3.